The Hall–Kier alpha value is -0.860. The molecule has 0 aliphatic carbocycles. The van der Waals surface area contributed by atoms with E-state index >= 15 is 0 Å². The van der Waals surface area contributed by atoms with Crippen molar-refractivity contribution in [2.45, 2.75) is 91.9 Å². The van der Waals surface area contributed by atoms with Gasteiger partial charge in [-0.05, 0) is 11.8 Å². The fourth-order valence-electron chi connectivity index (χ4n) is 2.94. The van der Waals surface area contributed by atoms with E-state index in [0.717, 1.165) is 36.3 Å². The Kier molecular flexibility index (Phi) is 9.36. The molecule has 3 nitrogen and oxygen atoms in total. The minimum atomic E-state index is 0.746. The van der Waals surface area contributed by atoms with Crippen molar-refractivity contribution in [2.24, 2.45) is 11.8 Å². The molecule has 0 aliphatic rings. The number of unbranched alkanes of at least 4 members (excludes halogenated alkanes) is 2. The first-order valence-corrected chi connectivity index (χ1v) is 9.13. The van der Waals surface area contributed by atoms with Gasteiger partial charge in [0, 0.05) is 12.8 Å². The number of aromatic nitrogens is 3. The summed E-state index contributed by atoms with van der Waals surface area (Å²) in [6, 6.07) is 0. The van der Waals surface area contributed by atoms with Crippen molar-refractivity contribution in [3.8, 4) is 0 Å². The molecule has 21 heavy (non-hydrogen) atoms. The average Bonchev–Trinajstić information content (AvgIpc) is 2.94. The van der Waals surface area contributed by atoms with Crippen molar-refractivity contribution in [3.05, 3.63) is 11.6 Å². The van der Waals surface area contributed by atoms with Crippen LogP contribution >= 0.6 is 0 Å². The van der Waals surface area contributed by atoms with Crippen molar-refractivity contribution < 1.29 is 0 Å². The van der Waals surface area contributed by atoms with Gasteiger partial charge in [0.2, 0.25) is 0 Å². The van der Waals surface area contributed by atoms with E-state index < -0.39 is 0 Å². The monoisotopic (exact) mass is 293 g/mol. The highest BCUT2D eigenvalue weighted by Crippen LogP contribution is 2.19. The first-order chi connectivity index (χ1) is 10.2. The van der Waals surface area contributed by atoms with Crippen molar-refractivity contribution in [3.63, 3.8) is 0 Å². The molecule has 1 aromatic heterocycles. The highest BCUT2D eigenvalue weighted by Gasteiger charge is 2.13. The lowest BCUT2D eigenvalue weighted by atomic mass is 9.95. The van der Waals surface area contributed by atoms with Gasteiger partial charge in [-0.1, -0.05) is 79.1 Å². The van der Waals surface area contributed by atoms with E-state index in [-0.39, 0.29) is 0 Å². The molecule has 1 N–H and O–H groups in total. The summed E-state index contributed by atoms with van der Waals surface area (Å²) < 4.78 is 0. The summed E-state index contributed by atoms with van der Waals surface area (Å²) >= 11 is 0. The lowest BCUT2D eigenvalue weighted by Crippen LogP contribution is -2.06. The fourth-order valence-corrected chi connectivity index (χ4v) is 2.94. The lowest BCUT2D eigenvalue weighted by Gasteiger charge is -2.12. The Labute approximate surface area is 131 Å². The minimum Gasteiger partial charge on any atom is -0.263 e. The zero-order chi connectivity index (χ0) is 15.5. The van der Waals surface area contributed by atoms with Gasteiger partial charge in [-0.15, -0.1) is 0 Å². The predicted molar refractivity (Wildman–Crippen MR) is 90.4 cm³/mol. The van der Waals surface area contributed by atoms with Crippen molar-refractivity contribution in [1.29, 1.82) is 0 Å². The summed E-state index contributed by atoms with van der Waals surface area (Å²) in [5, 5.41) is 7.61. The molecule has 3 heteroatoms. The van der Waals surface area contributed by atoms with Crippen LogP contribution in [0.15, 0.2) is 0 Å². The summed E-state index contributed by atoms with van der Waals surface area (Å²) in [5.41, 5.74) is 0. The molecular weight excluding hydrogens is 258 g/mol. The zero-order valence-electron chi connectivity index (χ0n) is 14.6. The highest BCUT2D eigenvalue weighted by molar-refractivity contribution is 4.93. The van der Waals surface area contributed by atoms with E-state index in [1.165, 1.54) is 51.4 Å². The van der Waals surface area contributed by atoms with Crippen LogP contribution in [0, 0.1) is 11.8 Å². The molecule has 0 fully saturated rings. The third-order valence-corrected chi connectivity index (χ3v) is 4.62. The fraction of sp³-hybridized carbons (Fsp3) is 0.889. The van der Waals surface area contributed by atoms with Gasteiger partial charge < -0.3 is 0 Å². The Bertz CT molecular complexity index is 327. The van der Waals surface area contributed by atoms with Gasteiger partial charge in [-0.2, -0.15) is 5.10 Å². The maximum absolute atomic E-state index is 4.74. The van der Waals surface area contributed by atoms with Crippen molar-refractivity contribution in [2.75, 3.05) is 0 Å². The lowest BCUT2D eigenvalue weighted by molar-refractivity contribution is 0.436. The van der Waals surface area contributed by atoms with Gasteiger partial charge in [0.25, 0.3) is 0 Å². The first kappa shape index (κ1) is 18.2. The van der Waals surface area contributed by atoms with E-state index in [1.54, 1.807) is 0 Å². The normalized spacial score (nSPS) is 14.3. The molecule has 0 spiro atoms. The van der Waals surface area contributed by atoms with Crippen LogP contribution in [0.2, 0.25) is 0 Å². The molecule has 0 bridgehead atoms. The topological polar surface area (TPSA) is 41.6 Å². The molecule has 1 heterocycles. The number of hydrogen-bond acceptors (Lipinski definition) is 2. The van der Waals surface area contributed by atoms with Crippen molar-refractivity contribution >= 4 is 0 Å². The Morgan fingerprint density at radius 3 is 1.95 bits per heavy atom. The zero-order valence-corrected chi connectivity index (χ0v) is 14.6. The average molecular weight is 293 g/mol. The number of H-pyrrole nitrogens is 1. The Balaban J connectivity index is 2.47. The van der Waals surface area contributed by atoms with Crippen LogP contribution < -0.4 is 0 Å². The van der Waals surface area contributed by atoms with Crippen molar-refractivity contribution in [1.82, 2.24) is 15.2 Å². The first-order valence-electron chi connectivity index (χ1n) is 9.13. The largest absolute Gasteiger partial charge is 0.263 e. The highest BCUT2D eigenvalue weighted by atomic mass is 15.2. The number of hydrogen-bond donors (Lipinski definition) is 1. The third kappa shape index (κ3) is 7.10. The van der Waals surface area contributed by atoms with E-state index in [4.69, 9.17) is 4.98 Å². The quantitative estimate of drug-likeness (QED) is 0.566. The summed E-state index contributed by atoms with van der Waals surface area (Å²) in [4.78, 5) is 4.74. The third-order valence-electron chi connectivity index (χ3n) is 4.62. The van der Waals surface area contributed by atoms with E-state index in [9.17, 15) is 0 Å². The van der Waals surface area contributed by atoms with Gasteiger partial charge in [0.05, 0.1) is 0 Å². The molecule has 1 aromatic rings. The van der Waals surface area contributed by atoms with Crippen LogP contribution in [0.5, 0.6) is 0 Å². The summed E-state index contributed by atoms with van der Waals surface area (Å²) in [7, 11) is 0. The molecular formula is C18H35N3. The van der Waals surface area contributed by atoms with Gasteiger partial charge in [0.1, 0.15) is 5.82 Å². The van der Waals surface area contributed by atoms with E-state index in [2.05, 4.69) is 37.9 Å². The van der Waals surface area contributed by atoms with E-state index in [0.29, 0.717) is 0 Å². The number of nitrogens with one attached hydrogen (secondary N) is 1. The molecule has 2 unspecified atom stereocenters. The smallest absolute Gasteiger partial charge is 0.150 e. The van der Waals surface area contributed by atoms with Crippen LogP contribution in [-0.2, 0) is 12.8 Å². The second kappa shape index (κ2) is 10.8. The standard InChI is InChI=1S/C18H35N3/c1-5-9-11-15(7-3)13-17-19-18(21-20-17)14-16(8-4)12-10-6-2/h15-16H,5-14H2,1-4H3,(H,19,20,21). The molecule has 0 amide bonds. The number of aromatic amines is 1. The molecule has 122 valence electrons. The minimum absolute atomic E-state index is 0.746. The van der Waals surface area contributed by atoms with Gasteiger partial charge in [-0.25, -0.2) is 4.98 Å². The number of rotatable bonds is 12. The molecule has 0 aliphatic heterocycles. The molecule has 0 saturated carbocycles. The van der Waals surface area contributed by atoms with Crippen LogP contribution in [0.1, 0.15) is 90.7 Å². The van der Waals surface area contributed by atoms with E-state index in [1.807, 2.05) is 0 Å². The molecule has 0 radical (unpaired) electrons. The SMILES string of the molecule is CCCCC(CC)Cc1n[nH]c(CC(CC)CCCC)n1. The maximum atomic E-state index is 4.74. The van der Waals surface area contributed by atoms with Crippen LogP contribution in [-0.4, -0.2) is 15.2 Å². The molecule has 0 saturated heterocycles. The van der Waals surface area contributed by atoms with Gasteiger partial charge in [-0.3, -0.25) is 5.10 Å². The number of nitrogens with zero attached hydrogens (tertiary/aromatic N) is 2. The Morgan fingerprint density at radius 2 is 1.43 bits per heavy atom. The molecule has 0 aromatic carbocycles. The summed E-state index contributed by atoms with van der Waals surface area (Å²) in [5.74, 6) is 3.63. The summed E-state index contributed by atoms with van der Waals surface area (Å²) in [6.45, 7) is 9.10. The van der Waals surface area contributed by atoms with Gasteiger partial charge in [0.15, 0.2) is 5.82 Å². The van der Waals surface area contributed by atoms with Crippen LogP contribution in [0.3, 0.4) is 0 Å². The maximum Gasteiger partial charge on any atom is 0.150 e. The molecule has 1 rings (SSSR count). The second-order valence-electron chi connectivity index (χ2n) is 6.44. The Morgan fingerprint density at radius 1 is 0.857 bits per heavy atom. The predicted octanol–water partition coefficient (Wildman–Crippen LogP) is 5.32. The van der Waals surface area contributed by atoms with Crippen LogP contribution in [0.4, 0.5) is 0 Å². The molecule has 2 atom stereocenters. The second-order valence-corrected chi connectivity index (χ2v) is 6.44. The van der Waals surface area contributed by atoms with Crippen LogP contribution in [0.25, 0.3) is 0 Å². The summed E-state index contributed by atoms with van der Waals surface area (Å²) in [6.07, 6.45) is 12.4. The van der Waals surface area contributed by atoms with Gasteiger partial charge >= 0.3 is 0 Å².